The molecule has 0 amide bonds. The molecule has 0 saturated carbocycles. The van der Waals surface area contributed by atoms with Crippen LogP contribution in [0.3, 0.4) is 0 Å². The van der Waals surface area contributed by atoms with E-state index in [0.717, 1.165) is 0 Å². The van der Waals surface area contributed by atoms with Crippen molar-refractivity contribution in [3.63, 3.8) is 0 Å². The van der Waals surface area contributed by atoms with E-state index in [1.165, 1.54) is 31.4 Å². The second-order valence-electron chi connectivity index (χ2n) is 5.93. The third-order valence-electron chi connectivity index (χ3n) is 4.01. The van der Waals surface area contributed by atoms with Crippen LogP contribution in [0.1, 0.15) is 32.3 Å². The molecule has 1 atom stereocenters. The van der Waals surface area contributed by atoms with E-state index < -0.39 is 23.7 Å². The number of methoxy groups -OCH3 is 1. The Labute approximate surface area is 139 Å². The highest BCUT2D eigenvalue weighted by atomic mass is 19.1. The monoisotopic (exact) mass is 333 g/mol. The van der Waals surface area contributed by atoms with Gasteiger partial charge in [0.05, 0.1) is 24.2 Å². The van der Waals surface area contributed by atoms with Crippen LogP contribution < -0.4 is 5.32 Å². The lowest BCUT2D eigenvalue weighted by molar-refractivity contribution is -0.136. The first-order valence-corrected chi connectivity index (χ1v) is 7.56. The molecule has 1 aliphatic rings. The number of rotatable bonds is 4. The molecule has 0 fully saturated rings. The number of ether oxygens (including phenoxy) is 1. The van der Waals surface area contributed by atoms with Crippen molar-refractivity contribution in [2.24, 2.45) is 5.92 Å². The van der Waals surface area contributed by atoms with Gasteiger partial charge in [-0.15, -0.1) is 0 Å². The predicted octanol–water partition coefficient (Wildman–Crippen LogP) is 2.95. The van der Waals surface area contributed by atoms with Crippen molar-refractivity contribution in [3.05, 3.63) is 58.2 Å². The lowest BCUT2D eigenvalue weighted by Gasteiger charge is -2.32. The number of carboxylic acid groups (broad SMARTS) is 1. The summed E-state index contributed by atoms with van der Waals surface area (Å²) in [5.41, 5.74) is 1.87. The molecule has 24 heavy (non-hydrogen) atoms. The standard InChI is InChI=1S/C18H20FNO4/c1-9(2)16-15(17(21)22)14(11-5-7-12(19)8-6-11)13(10(3)20-16)18(23)24-4/h5-9,14,20H,1-4H3,(H,21,22). The summed E-state index contributed by atoms with van der Waals surface area (Å²) in [4.78, 5) is 24.2. The van der Waals surface area contributed by atoms with Crippen LogP contribution >= 0.6 is 0 Å². The first-order valence-electron chi connectivity index (χ1n) is 7.56. The molecular formula is C18H20FNO4. The van der Waals surface area contributed by atoms with E-state index in [4.69, 9.17) is 4.74 Å². The van der Waals surface area contributed by atoms with E-state index >= 15 is 0 Å². The Morgan fingerprint density at radius 2 is 1.79 bits per heavy atom. The number of esters is 1. The van der Waals surface area contributed by atoms with E-state index in [1.807, 2.05) is 13.8 Å². The van der Waals surface area contributed by atoms with Gasteiger partial charge in [-0.3, -0.25) is 0 Å². The van der Waals surface area contributed by atoms with Gasteiger partial charge in [0.15, 0.2) is 0 Å². The van der Waals surface area contributed by atoms with Crippen molar-refractivity contribution in [3.8, 4) is 0 Å². The van der Waals surface area contributed by atoms with E-state index in [-0.39, 0.29) is 17.1 Å². The predicted molar refractivity (Wildman–Crippen MR) is 86.5 cm³/mol. The lowest BCUT2D eigenvalue weighted by Crippen LogP contribution is -2.34. The largest absolute Gasteiger partial charge is 0.478 e. The number of benzene rings is 1. The molecular weight excluding hydrogens is 313 g/mol. The first-order chi connectivity index (χ1) is 11.3. The molecule has 2 N–H and O–H groups in total. The molecule has 0 bridgehead atoms. The zero-order valence-corrected chi connectivity index (χ0v) is 14.0. The number of aliphatic carboxylic acids is 1. The molecule has 2 rings (SSSR count). The molecule has 0 saturated heterocycles. The van der Waals surface area contributed by atoms with E-state index in [0.29, 0.717) is 17.0 Å². The zero-order valence-electron chi connectivity index (χ0n) is 14.0. The van der Waals surface area contributed by atoms with Gasteiger partial charge < -0.3 is 15.2 Å². The Kier molecular flexibility index (Phi) is 5.07. The molecule has 128 valence electrons. The highest BCUT2D eigenvalue weighted by Crippen LogP contribution is 2.40. The normalized spacial score (nSPS) is 17.8. The van der Waals surface area contributed by atoms with Crippen LogP contribution in [0.4, 0.5) is 4.39 Å². The molecule has 1 unspecified atom stereocenters. The van der Waals surface area contributed by atoms with E-state index in [1.54, 1.807) is 6.92 Å². The van der Waals surface area contributed by atoms with Crippen LogP contribution in [-0.4, -0.2) is 24.2 Å². The molecule has 0 aliphatic carbocycles. The van der Waals surface area contributed by atoms with Crippen LogP contribution in [0.2, 0.25) is 0 Å². The number of carboxylic acids is 1. The maximum Gasteiger partial charge on any atom is 0.336 e. The second kappa shape index (κ2) is 6.86. The Morgan fingerprint density at radius 3 is 2.25 bits per heavy atom. The smallest absolute Gasteiger partial charge is 0.336 e. The third kappa shape index (κ3) is 3.18. The van der Waals surface area contributed by atoms with Crippen LogP contribution in [0.15, 0.2) is 46.8 Å². The number of hydrogen-bond acceptors (Lipinski definition) is 4. The molecule has 0 aromatic heterocycles. The molecule has 6 heteroatoms. The Morgan fingerprint density at radius 1 is 1.21 bits per heavy atom. The van der Waals surface area contributed by atoms with Gasteiger partial charge in [-0.05, 0) is 30.5 Å². The highest BCUT2D eigenvalue weighted by Gasteiger charge is 2.38. The average Bonchev–Trinajstić information content (AvgIpc) is 2.53. The lowest BCUT2D eigenvalue weighted by atomic mass is 9.78. The van der Waals surface area contributed by atoms with Crippen molar-refractivity contribution in [1.82, 2.24) is 5.32 Å². The summed E-state index contributed by atoms with van der Waals surface area (Å²) in [6.07, 6.45) is 0. The van der Waals surface area contributed by atoms with Crippen molar-refractivity contribution in [1.29, 1.82) is 0 Å². The SMILES string of the molecule is COC(=O)C1=C(C)NC(C(C)C)=C(C(=O)O)C1c1ccc(F)cc1. The number of dihydropyridines is 1. The van der Waals surface area contributed by atoms with Crippen molar-refractivity contribution < 1.29 is 23.8 Å². The molecule has 5 nitrogen and oxygen atoms in total. The zero-order chi connectivity index (χ0) is 18.0. The average molecular weight is 333 g/mol. The van der Waals surface area contributed by atoms with Crippen molar-refractivity contribution in [2.45, 2.75) is 26.7 Å². The van der Waals surface area contributed by atoms with Gasteiger partial charge in [0.25, 0.3) is 0 Å². The number of allylic oxidation sites excluding steroid dienone is 2. The number of nitrogens with one attached hydrogen (secondary N) is 1. The fraction of sp³-hybridized carbons (Fsp3) is 0.333. The second-order valence-corrected chi connectivity index (χ2v) is 5.93. The van der Waals surface area contributed by atoms with Crippen LogP contribution in [-0.2, 0) is 14.3 Å². The van der Waals surface area contributed by atoms with Gasteiger partial charge >= 0.3 is 11.9 Å². The maximum atomic E-state index is 13.3. The van der Waals surface area contributed by atoms with E-state index in [2.05, 4.69) is 5.32 Å². The van der Waals surface area contributed by atoms with Crippen molar-refractivity contribution in [2.75, 3.05) is 7.11 Å². The van der Waals surface area contributed by atoms with Crippen LogP contribution in [0.25, 0.3) is 0 Å². The Bertz CT molecular complexity index is 732. The summed E-state index contributed by atoms with van der Waals surface area (Å²) in [6.45, 7) is 5.43. The molecule has 1 aromatic rings. The van der Waals surface area contributed by atoms with Crippen LogP contribution in [0.5, 0.6) is 0 Å². The minimum Gasteiger partial charge on any atom is -0.478 e. The number of carbonyl (C=O) groups is 2. The van der Waals surface area contributed by atoms with Crippen LogP contribution in [0, 0.1) is 11.7 Å². The summed E-state index contributed by atoms with van der Waals surface area (Å²) in [7, 11) is 1.24. The molecule has 1 aromatic carbocycles. The third-order valence-corrected chi connectivity index (χ3v) is 4.01. The molecule has 0 radical (unpaired) electrons. The number of hydrogen-bond donors (Lipinski definition) is 2. The minimum atomic E-state index is -1.13. The number of halogens is 1. The quantitative estimate of drug-likeness (QED) is 0.829. The van der Waals surface area contributed by atoms with Gasteiger partial charge in [0.1, 0.15) is 5.82 Å². The van der Waals surface area contributed by atoms with Gasteiger partial charge in [0.2, 0.25) is 0 Å². The summed E-state index contributed by atoms with van der Waals surface area (Å²) in [5, 5.41) is 12.8. The molecule has 1 aliphatic heterocycles. The molecule has 0 spiro atoms. The fourth-order valence-corrected chi connectivity index (χ4v) is 2.92. The maximum absolute atomic E-state index is 13.3. The summed E-state index contributed by atoms with van der Waals surface area (Å²) >= 11 is 0. The summed E-state index contributed by atoms with van der Waals surface area (Å²) < 4.78 is 18.1. The Hall–Kier alpha value is -2.63. The van der Waals surface area contributed by atoms with Gasteiger partial charge in [-0.2, -0.15) is 0 Å². The number of carbonyl (C=O) groups excluding carboxylic acids is 1. The molecule has 1 heterocycles. The first kappa shape index (κ1) is 17.7. The van der Waals surface area contributed by atoms with E-state index in [9.17, 15) is 19.1 Å². The minimum absolute atomic E-state index is 0.0719. The fourth-order valence-electron chi connectivity index (χ4n) is 2.92. The summed E-state index contributed by atoms with van der Waals surface area (Å²) in [5.74, 6) is -3.09. The van der Waals surface area contributed by atoms with Gasteiger partial charge in [0, 0.05) is 11.4 Å². The van der Waals surface area contributed by atoms with Gasteiger partial charge in [-0.1, -0.05) is 26.0 Å². The summed E-state index contributed by atoms with van der Waals surface area (Å²) in [6, 6.07) is 5.47. The Balaban J connectivity index is 2.74. The topological polar surface area (TPSA) is 75.6 Å². The van der Waals surface area contributed by atoms with Gasteiger partial charge in [-0.25, -0.2) is 14.0 Å². The highest BCUT2D eigenvalue weighted by molar-refractivity contribution is 5.99. The van der Waals surface area contributed by atoms with Crippen molar-refractivity contribution >= 4 is 11.9 Å².